The number of thioether (sulfide) groups is 1. The average molecular weight is 431 g/mol. The molecule has 1 amide bonds. The van der Waals surface area contributed by atoms with Gasteiger partial charge in [-0.15, -0.1) is 10.2 Å². The van der Waals surface area contributed by atoms with E-state index in [0.29, 0.717) is 33.9 Å². The molecule has 8 nitrogen and oxygen atoms in total. The molecular formula is C16H22N4O4S3. The van der Waals surface area contributed by atoms with Gasteiger partial charge in [0.2, 0.25) is 21.1 Å². The molecule has 1 N–H and O–H groups in total. The predicted molar refractivity (Wildman–Crippen MR) is 109 cm³/mol. The number of amides is 1. The zero-order chi connectivity index (χ0) is 20.0. The lowest BCUT2D eigenvalue weighted by atomic mass is 10.2. The van der Waals surface area contributed by atoms with Gasteiger partial charge in [0.15, 0.2) is 4.34 Å². The second-order valence-corrected chi connectivity index (χ2v) is 9.37. The first-order valence-electron chi connectivity index (χ1n) is 8.20. The Morgan fingerprint density at radius 3 is 2.44 bits per heavy atom. The number of aromatic nitrogens is 2. The maximum absolute atomic E-state index is 12.8. The second-order valence-electron chi connectivity index (χ2n) is 5.48. The second kappa shape index (κ2) is 9.38. The third kappa shape index (κ3) is 5.56. The lowest BCUT2D eigenvalue weighted by molar-refractivity contribution is -0.117. The number of carbonyl (C=O) groups excluding carboxylic acids is 1. The summed E-state index contributed by atoms with van der Waals surface area (Å²) in [4.78, 5) is 12.8. The quantitative estimate of drug-likeness (QED) is 0.482. The maximum atomic E-state index is 12.8. The van der Waals surface area contributed by atoms with E-state index in [9.17, 15) is 13.2 Å². The summed E-state index contributed by atoms with van der Waals surface area (Å²) in [5, 5.41) is 10.8. The first-order valence-corrected chi connectivity index (χ1v) is 12.1. The van der Waals surface area contributed by atoms with Crippen molar-refractivity contribution in [2.75, 3.05) is 28.7 Å². The molecule has 0 aliphatic rings. The van der Waals surface area contributed by atoms with Crippen LogP contribution in [0.2, 0.25) is 0 Å². The molecule has 1 unspecified atom stereocenters. The standard InChI is InChI=1S/C16H22N4O4S3/c1-5-13(14(21)17-15-18-19-16(25-3)26-15)20(27(4,22)23)11-7-9-12(10-8-11)24-6-2/h7-10,13H,5-6H2,1-4H3,(H,17,18,21). The molecule has 1 atom stereocenters. The van der Waals surface area contributed by atoms with Crippen molar-refractivity contribution in [3.8, 4) is 5.75 Å². The Morgan fingerprint density at radius 2 is 1.96 bits per heavy atom. The molecule has 2 rings (SSSR count). The molecule has 0 saturated heterocycles. The maximum Gasteiger partial charge on any atom is 0.250 e. The van der Waals surface area contributed by atoms with Crippen molar-refractivity contribution in [1.29, 1.82) is 0 Å². The topological polar surface area (TPSA) is 101 Å². The van der Waals surface area contributed by atoms with Gasteiger partial charge in [0, 0.05) is 0 Å². The van der Waals surface area contributed by atoms with Gasteiger partial charge in [0.05, 0.1) is 18.6 Å². The minimum Gasteiger partial charge on any atom is -0.494 e. The van der Waals surface area contributed by atoms with Gasteiger partial charge in [-0.1, -0.05) is 30.0 Å². The van der Waals surface area contributed by atoms with Crippen LogP contribution in [0.5, 0.6) is 5.75 Å². The molecular weight excluding hydrogens is 408 g/mol. The minimum absolute atomic E-state index is 0.292. The molecule has 0 aliphatic heterocycles. The monoisotopic (exact) mass is 430 g/mol. The summed E-state index contributed by atoms with van der Waals surface area (Å²) >= 11 is 2.65. The van der Waals surface area contributed by atoms with E-state index >= 15 is 0 Å². The highest BCUT2D eigenvalue weighted by Gasteiger charge is 2.32. The van der Waals surface area contributed by atoms with Gasteiger partial charge in [-0.2, -0.15) is 0 Å². The van der Waals surface area contributed by atoms with E-state index < -0.39 is 22.0 Å². The van der Waals surface area contributed by atoms with E-state index in [1.54, 1.807) is 31.2 Å². The summed E-state index contributed by atoms with van der Waals surface area (Å²) in [7, 11) is -3.70. The molecule has 27 heavy (non-hydrogen) atoms. The molecule has 0 fully saturated rings. The Balaban J connectivity index is 2.30. The number of benzene rings is 1. The first kappa shape index (κ1) is 21.5. The number of hydrogen-bond acceptors (Lipinski definition) is 8. The molecule has 0 saturated carbocycles. The van der Waals surface area contributed by atoms with Gasteiger partial charge in [0.1, 0.15) is 11.8 Å². The van der Waals surface area contributed by atoms with Crippen LogP contribution in [0.15, 0.2) is 28.6 Å². The third-order valence-electron chi connectivity index (χ3n) is 3.54. The van der Waals surface area contributed by atoms with Crippen molar-refractivity contribution in [2.24, 2.45) is 0 Å². The number of anilines is 2. The summed E-state index contributed by atoms with van der Waals surface area (Å²) in [6, 6.07) is 5.69. The van der Waals surface area contributed by atoms with Gasteiger partial charge in [-0.3, -0.25) is 14.4 Å². The van der Waals surface area contributed by atoms with Gasteiger partial charge < -0.3 is 4.74 Å². The predicted octanol–water partition coefficient (Wildman–Crippen LogP) is 2.84. The largest absolute Gasteiger partial charge is 0.494 e. The van der Waals surface area contributed by atoms with Gasteiger partial charge in [-0.05, 0) is 43.9 Å². The number of carbonyl (C=O) groups is 1. The van der Waals surface area contributed by atoms with Gasteiger partial charge in [0.25, 0.3) is 0 Å². The van der Waals surface area contributed by atoms with Crippen LogP contribution in [0.4, 0.5) is 10.8 Å². The summed E-state index contributed by atoms with van der Waals surface area (Å²) in [6.07, 6.45) is 3.23. The summed E-state index contributed by atoms with van der Waals surface area (Å²) < 4.78 is 32.1. The van der Waals surface area contributed by atoms with E-state index in [2.05, 4.69) is 15.5 Å². The highest BCUT2D eigenvalue weighted by atomic mass is 32.2. The fourth-order valence-corrected chi connectivity index (χ4v) is 4.83. The summed E-state index contributed by atoms with van der Waals surface area (Å²) in [6.45, 7) is 4.13. The van der Waals surface area contributed by atoms with Crippen LogP contribution < -0.4 is 14.4 Å². The van der Waals surface area contributed by atoms with E-state index in [1.165, 1.54) is 23.1 Å². The van der Waals surface area contributed by atoms with E-state index in [-0.39, 0.29) is 0 Å². The molecule has 0 bridgehead atoms. The van der Waals surface area contributed by atoms with Crippen LogP contribution in [0.1, 0.15) is 20.3 Å². The number of sulfonamides is 1. The van der Waals surface area contributed by atoms with Crippen molar-refractivity contribution in [3.05, 3.63) is 24.3 Å². The lowest BCUT2D eigenvalue weighted by Crippen LogP contribution is -2.47. The van der Waals surface area contributed by atoms with Crippen molar-refractivity contribution < 1.29 is 17.9 Å². The van der Waals surface area contributed by atoms with Gasteiger partial charge in [-0.25, -0.2) is 8.42 Å². The highest BCUT2D eigenvalue weighted by molar-refractivity contribution is 8.00. The lowest BCUT2D eigenvalue weighted by Gasteiger charge is -2.29. The number of rotatable bonds is 9. The van der Waals surface area contributed by atoms with E-state index in [0.717, 1.165) is 10.6 Å². The highest BCUT2D eigenvalue weighted by Crippen LogP contribution is 2.27. The number of nitrogens with one attached hydrogen (secondary N) is 1. The molecule has 148 valence electrons. The van der Waals surface area contributed by atoms with Crippen molar-refractivity contribution in [1.82, 2.24) is 10.2 Å². The molecule has 0 radical (unpaired) electrons. The molecule has 1 aromatic carbocycles. The number of nitrogens with zero attached hydrogens (tertiary/aromatic N) is 3. The average Bonchev–Trinajstić information content (AvgIpc) is 3.07. The zero-order valence-corrected chi connectivity index (χ0v) is 17.9. The van der Waals surface area contributed by atoms with Crippen LogP contribution in [-0.4, -0.2) is 49.7 Å². The Labute approximate surface area is 167 Å². The number of hydrogen-bond donors (Lipinski definition) is 1. The van der Waals surface area contributed by atoms with E-state index in [4.69, 9.17) is 4.74 Å². The Kier molecular flexibility index (Phi) is 7.45. The fourth-order valence-electron chi connectivity index (χ4n) is 2.45. The van der Waals surface area contributed by atoms with Crippen molar-refractivity contribution in [2.45, 2.75) is 30.6 Å². The molecule has 1 aromatic heterocycles. The Morgan fingerprint density at radius 1 is 1.30 bits per heavy atom. The molecule has 0 aliphatic carbocycles. The zero-order valence-electron chi connectivity index (χ0n) is 15.5. The smallest absolute Gasteiger partial charge is 0.250 e. The van der Waals surface area contributed by atoms with Crippen LogP contribution in [0, 0.1) is 0 Å². The first-order chi connectivity index (χ1) is 12.8. The van der Waals surface area contributed by atoms with Crippen molar-refractivity contribution in [3.63, 3.8) is 0 Å². The Hall–Kier alpha value is -1.85. The molecule has 1 heterocycles. The van der Waals surface area contributed by atoms with Crippen molar-refractivity contribution >= 4 is 49.8 Å². The SMILES string of the molecule is CCOc1ccc(N(C(CC)C(=O)Nc2nnc(SC)s2)S(C)(=O)=O)cc1. The van der Waals surface area contributed by atoms with Crippen LogP contribution in [-0.2, 0) is 14.8 Å². The Bertz CT molecular complexity index is 868. The normalized spacial score (nSPS) is 12.4. The summed E-state index contributed by atoms with van der Waals surface area (Å²) in [5.74, 6) is 0.172. The number of ether oxygens (including phenoxy) is 1. The molecule has 2 aromatic rings. The summed E-state index contributed by atoms with van der Waals surface area (Å²) in [5.41, 5.74) is 0.394. The molecule has 0 spiro atoms. The molecule has 11 heteroatoms. The third-order valence-corrected chi connectivity index (χ3v) is 6.54. The van der Waals surface area contributed by atoms with Crippen LogP contribution >= 0.6 is 23.1 Å². The fraction of sp³-hybridized carbons (Fsp3) is 0.438. The van der Waals surface area contributed by atoms with Crippen LogP contribution in [0.25, 0.3) is 0 Å². The minimum atomic E-state index is -3.70. The van der Waals surface area contributed by atoms with Crippen LogP contribution in [0.3, 0.4) is 0 Å². The van der Waals surface area contributed by atoms with Gasteiger partial charge >= 0.3 is 0 Å². The van der Waals surface area contributed by atoms with E-state index in [1.807, 2.05) is 13.2 Å².